The van der Waals surface area contributed by atoms with Gasteiger partial charge in [-0.2, -0.15) is 0 Å². The van der Waals surface area contributed by atoms with E-state index in [2.05, 4.69) is 55.0 Å². The summed E-state index contributed by atoms with van der Waals surface area (Å²) < 4.78 is 3.81. The van der Waals surface area contributed by atoms with Gasteiger partial charge < -0.3 is 0 Å². The van der Waals surface area contributed by atoms with E-state index >= 15 is 0 Å². The van der Waals surface area contributed by atoms with E-state index in [1.54, 1.807) is 17.7 Å². The van der Waals surface area contributed by atoms with Crippen LogP contribution in [0.15, 0.2) is 30.6 Å². The zero-order valence-corrected chi connectivity index (χ0v) is 13.7. The Bertz CT molecular complexity index is 959. The zero-order chi connectivity index (χ0) is 14.6. The lowest BCUT2D eigenvalue weighted by atomic mass is 10.0. The van der Waals surface area contributed by atoms with E-state index in [0.717, 1.165) is 11.2 Å². The predicted molar refractivity (Wildman–Crippen MR) is 92.4 cm³/mol. The van der Waals surface area contributed by atoms with E-state index in [1.165, 1.54) is 35.7 Å². The molecule has 0 fully saturated rings. The van der Waals surface area contributed by atoms with Crippen LogP contribution >= 0.6 is 22.7 Å². The number of fused-ring (bicyclic) bond motifs is 3. The van der Waals surface area contributed by atoms with Crippen molar-refractivity contribution < 1.29 is 0 Å². The van der Waals surface area contributed by atoms with Crippen LogP contribution in [0.3, 0.4) is 0 Å². The van der Waals surface area contributed by atoms with Crippen molar-refractivity contribution in [2.24, 2.45) is 0 Å². The van der Waals surface area contributed by atoms with Crippen molar-refractivity contribution in [2.75, 3.05) is 0 Å². The third-order valence-electron chi connectivity index (χ3n) is 3.55. The van der Waals surface area contributed by atoms with Crippen LogP contribution in [0, 0.1) is 20.8 Å². The fourth-order valence-corrected chi connectivity index (χ4v) is 5.25. The maximum Gasteiger partial charge on any atom is 0.116 e. The molecule has 0 saturated carbocycles. The molecule has 0 spiro atoms. The number of hydrogen-bond acceptors (Lipinski definition) is 4. The minimum absolute atomic E-state index is 1.05. The third kappa shape index (κ3) is 2.06. The molecule has 3 heterocycles. The summed E-state index contributed by atoms with van der Waals surface area (Å²) in [6, 6.07) is 8.84. The van der Waals surface area contributed by atoms with Gasteiger partial charge in [-0.05, 0) is 39.0 Å². The molecule has 0 aliphatic rings. The van der Waals surface area contributed by atoms with E-state index in [4.69, 9.17) is 0 Å². The molecule has 0 aliphatic heterocycles. The van der Waals surface area contributed by atoms with E-state index < -0.39 is 0 Å². The van der Waals surface area contributed by atoms with Crippen molar-refractivity contribution in [2.45, 2.75) is 20.8 Å². The van der Waals surface area contributed by atoms with Crippen LogP contribution in [-0.4, -0.2) is 9.97 Å². The van der Waals surface area contributed by atoms with E-state index in [-0.39, 0.29) is 0 Å². The van der Waals surface area contributed by atoms with Gasteiger partial charge in [0.05, 0.1) is 15.1 Å². The number of rotatable bonds is 1. The monoisotopic (exact) mass is 310 g/mol. The fourth-order valence-electron chi connectivity index (χ4n) is 2.79. The average Bonchev–Trinajstić information content (AvgIpc) is 2.93. The van der Waals surface area contributed by atoms with Crippen molar-refractivity contribution in [1.82, 2.24) is 9.97 Å². The Morgan fingerprint density at radius 2 is 1.57 bits per heavy atom. The minimum Gasteiger partial charge on any atom is -0.235 e. The molecular weight excluding hydrogens is 296 g/mol. The molecule has 4 rings (SSSR count). The second kappa shape index (κ2) is 4.61. The van der Waals surface area contributed by atoms with Gasteiger partial charge in [-0.3, -0.25) is 0 Å². The van der Waals surface area contributed by atoms with Gasteiger partial charge >= 0.3 is 0 Å². The molecule has 0 radical (unpaired) electrons. The molecule has 21 heavy (non-hydrogen) atoms. The highest BCUT2D eigenvalue weighted by Gasteiger charge is 2.14. The minimum atomic E-state index is 1.05. The van der Waals surface area contributed by atoms with Crippen LogP contribution in [0.4, 0.5) is 0 Å². The van der Waals surface area contributed by atoms with Gasteiger partial charge in [0.2, 0.25) is 0 Å². The molecule has 1 aromatic carbocycles. The van der Waals surface area contributed by atoms with Crippen molar-refractivity contribution in [3.8, 4) is 11.3 Å². The van der Waals surface area contributed by atoms with Crippen molar-refractivity contribution in [3.63, 3.8) is 0 Å². The summed E-state index contributed by atoms with van der Waals surface area (Å²) in [5.41, 5.74) is 5.87. The van der Waals surface area contributed by atoms with Crippen molar-refractivity contribution in [1.29, 1.82) is 0 Å². The van der Waals surface area contributed by atoms with Crippen LogP contribution in [-0.2, 0) is 0 Å². The van der Waals surface area contributed by atoms with Gasteiger partial charge in [0.25, 0.3) is 0 Å². The molecule has 4 heteroatoms. The topological polar surface area (TPSA) is 25.8 Å². The van der Waals surface area contributed by atoms with Gasteiger partial charge in [-0.1, -0.05) is 17.2 Å². The van der Waals surface area contributed by atoms with E-state index in [9.17, 15) is 0 Å². The van der Waals surface area contributed by atoms with Crippen LogP contribution < -0.4 is 0 Å². The molecule has 0 atom stereocenters. The normalized spacial score (nSPS) is 11.6. The number of thiophene rings is 2. The van der Waals surface area contributed by atoms with Crippen molar-refractivity contribution in [3.05, 3.63) is 46.6 Å². The first-order valence-electron chi connectivity index (χ1n) is 6.84. The molecule has 0 N–H and O–H groups in total. The summed E-state index contributed by atoms with van der Waals surface area (Å²) in [4.78, 5) is 10.4. The summed E-state index contributed by atoms with van der Waals surface area (Å²) in [5, 5.41) is 0. The number of hydrogen-bond donors (Lipinski definition) is 0. The third-order valence-corrected chi connectivity index (χ3v) is 5.87. The molecule has 0 bridgehead atoms. The lowest BCUT2D eigenvalue weighted by molar-refractivity contribution is 1.23. The Labute approximate surface area is 131 Å². The Morgan fingerprint density at radius 1 is 0.810 bits per heavy atom. The van der Waals surface area contributed by atoms with Gasteiger partial charge in [0.15, 0.2) is 0 Å². The highest BCUT2D eigenvalue weighted by molar-refractivity contribution is 7.32. The maximum atomic E-state index is 4.56. The van der Waals surface area contributed by atoms with Gasteiger partial charge in [-0.15, -0.1) is 22.7 Å². The Hall–Kier alpha value is -1.78. The maximum absolute atomic E-state index is 4.56. The first kappa shape index (κ1) is 12.9. The molecular formula is C17H14N2S2. The first-order valence-corrected chi connectivity index (χ1v) is 8.47. The van der Waals surface area contributed by atoms with Gasteiger partial charge in [0, 0.05) is 15.1 Å². The number of aromatic nitrogens is 2. The molecule has 0 amide bonds. The predicted octanol–water partition coefficient (Wildman–Crippen LogP) is 5.50. The molecule has 3 aromatic heterocycles. The van der Waals surface area contributed by atoms with Crippen LogP contribution in [0.1, 0.15) is 16.0 Å². The molecule has 0 aliphatic carbocycles. The highest BCUT2D eigenvalue weighted by Crippen LogP contribution is 2.41. The van der Waals surface area contributed by atoms with Crippen LogP contribution in [0.2, 0.25) is 0 Å². The van der Waals surface area contributed by atoms with Crippen molar-refractivity contribution >= 4 is 42.3 Å². The Kier molecular flexibility index (Phi) is 2.84. The molecule has 104 valence electrons. The SMILES string of the molecule is Cc1cc(C)cc(-c2ncnc3c2sc2cc(C)sc23)c1. The highest BCUT2D eigenvalue weighted by atomic mass is 32.1. The molecule has 4 aromatic rings. The summed E-state index contributed by atoms with van der Waals surface area (Å²) in [6.45, 7) is 6.41. The summed E-state index contributed by atoms with van der Waals surface area (Å²) in [7, 11) is 0. The molecule has 0 unspecified atom stereocenters. The molecule has 2 nitrogen and oxygen atoms in total. The zero-order valence-electron chi connectivity index (χ0n) is 12.1. The number of nitrogens with zero attached hydrogens (tertiary/aromatic N) is 2. The summed E-state index contributed by atoms with van der Waals surface area (Å²) >= 11 is 3.62. The average molecular weight is 310 g/mol. The van der Waals surface area contributed by atoms with Gasteiger partial charge in [0.1, 0.15) is 11.8 Å². The fraction of sp³-hybridized carbons (Fsp3) is 0.176. The largest absolute Gasteiger partial charge is 0.235 e. The number of aryl methyl sites for hydroxylation is 3. The van der Waals surface area contributed by atoms with Crippen LogP contribution in [0.5, 0.6) is 0 Å². The summed E-state index contributed by atoms with van der Waals surface area (Å²) in [6.07, 6.45) is 1.69. The smallest absolute Gasteiger partial charge is 0.116 e. The lowest BCUT2D eigenvalue weighted by Gasteiger charge is -2.05. The standard InChI is InChI=1S/C17H14N2S2/c1-9-4-10(2)6-12(5-9)14-17-15(19-8-18-14)16-13(21-17)7-11(3)20-16/h4-8H,1-3H3. The van der Waals surface area contributed by atoms with Crippen LogP contribution in [0.25, 0.3) is 30.9 Å². The van der Waals surface area contributed by atoms with E-state index in [0.29, 0.717) is 0 Å². The summed E-state index contributed by atoms with van der Waals surface area (Å²) in [5.74, 6) is 0. The Balaban J connectivity index is 2.06. The second-order valence-electron chi connectivity index (χ2n) is 5.43. The number of benzene rings is 1. The first-order chi connectivity index (χ1) is 10.1. The van der Waals surface area contributed by atoms with Gasteiger partial charge in [-0.25, -0.2) is 9.97 Å². The lowest BCUT2D eigenvalue weighted by Crippen LogP contribution is -1.88. The Morgan fingerprint density at radius 3 is 2.33 bits per heavy atom. The molecule has 0 saturated heterocycles. The second-order valence-corrected chi connectivity index (χ2v) is 7.74. The van der Waals surface area contributed by atoms with E-state index in [1.807, 2.05) is 11.3 Å². The quantitative estimate of drug-likeness (QED) is 0.464.